The van der Waals surface area contributed by atoms with Crippen LogP contribution in [-0.2, 0) is 0 Å². The molecule has 3 heteroatoms. The van der Waals surface area contributed by atoms with Crippen LogP contribution >= 0.6 is 11.5 Å². The molecule has 0 aliphatic carbocycles. The van der Waals surface area contributed by atoms with Crippen LogP contribution < -0.4 is 0 Å². The first-order chi connectivity index (χ1) is 5.88. The molecule has 0 N–H and O–H groups in total. The van der Waals surface area contributed by atoms with Crippen LogP contribution in [-0.4, -0.2) is 17.6 Å². The molecule has 2 nitrogen and oxygen atoms in total. The highest BCUT2D eigenvalue weighted by Crippen LogP contribution is 2.11. The van der Waals surface area contributed by atoms with Crippen LogP contribution in [0.5, 0.6) is 0 Å². The van der Waals surface area contributed by atoms with Gasteiger partial charge >= 0.3 is 0 Å². The van der Waals surface area contributed by atoms with Crippen LogP contribution in [0.15, 0.2) is 17.8 Å². The van der Waals surface area contributed by atoms with Crippen molar-refractivity contribution in [1.82, 2.24) is 4.37 Å². The Kier molecular flexibility index (Phi) is 6.19. The monoisotopic (exact) mass is 182 g/mol. The lowest BCUT2D eigenvalue weighted by atomic mass is 10.3. The summed E-state index contributed by atoms with van der Waals surface area (Å²) >= 11 is 1.43. The predicted octanol–water partition coefficient (Wildman–Crippen LogP) is 2.86. The van der Waals surface area contributed by atoms with Crippen molar-refractivity contribution < 1.29 is 0 Å². The molecule has 0 bridgehead atoms. The Bertz CT molecular complexity index is 251. The maximum absolute atomic E-state index is 3.99. The van der Waals surface area contributed by atoms with Gasteiger partial charge in [0, 0.05) is 25.0 Å². The van der Waals surface area contributed by atoms with Crippen molar-refractivity contribution in [1.29, 1.82) is 0 Å². The lowest BCUT2D eigenvalue weighted by Crippen LogP contribution is -1.75. The van der Waals surface area contributed by atoms with Gasteiger partial charge in [-0.25, -0.2) is 0 Å². The van der Waals surface area contributed by atoms with Gasteiger partial charge < -0.3 is 0 Å². The molecular formula is C9H14N2S. The fourth-order valence-electron chi connectivity index (χ4n) is 0.625. The topological polar surface area (TPSA) is 25.2 Å². The maximum atomic E-state index is 3.99. The zero-order chi connectivity index (χ0) is 9.40. The minimum atomic E-state index is 1.05. The van der Waals surface area contributed by atoms with Crippen LogP contribution in [0.1, 0.15) is 24.3 Å². The summed E-state index contributed by atoms with van der Waals surface area (Å²) in [6.07, 6.45) is 5.35. The van der Waals surface area contributed by atoms with E-state index in [1.165, 1.54) is 11.5 Å². The minimum absolute atomic E-state index is 1.05. The summed E-state index contributed by atoms with van der Waals surface area (Å²) in [5, 5.41) is 0. The van der Waals surface area contributed by atoms with Gasteiger partial charge in [-0.15, -0.1) is 0 Å². The molecule has 0 saturated carbocycles. The number of hydrogen-bond donors (Lipinski definition) is 0. The summed E-state index contributed by atoms with van der Waals surface area (Å²) < 4.78 is 3.99. The normalized spacial score (nSPS) is 9.25. The molecule has 66 valence electrons. The minimum Gasteiger partial charge on any atom is -0.295 e. The molecule has 12 heavy (non-hydrogen) atoms. The summed E-state index contributed by atoms with van der Waals surface area (Å²) in [6.45, 7) is 7.65. The van der Waals surface area contributed by atoms with Gasteiger partial charge in [-0.05, 0) is 11.5 Å². The Hall–Kier alpha value is -0.960. The molecule has 0 unspecified atom stereocenters. The molecule has 1 aromatic heterocycles. The zero-order valence-electron chi connectivity index (χ0n) is 7.74. The zero-order valence-corrected chi connectivity index (χ0v) is 8.56. The number of aromatic nitrogens is 1. The number of hydrogen-bond acceptors (Lipinski definition) is 3. The van der Waals surface area contributed by atoms with E-state index in [4.69, 9.17) is 0 Å². The third-order valence-corrected chi connectivity index (χ3v) is 1.84. The molecule has 0 spiro atoms. The maximum Gasteiger partial charge on any atom is 0.0727 e. The van der Waals surface area contributed by atoms with E-state index >= 15 is 0 Å². The third kappa shape index (κ3) is 2.96. The second-order valence-electron chi connectivity index (χ2n) is 1.74. The van der Waals surface area contributed by atoms with Crippen LogP contribution in [0, 0.1) is 0 Å². The second kappa shape index (κ2) is 6.73. The van der Waals surface area contributed by atoms with Crippen molar-refractivity contribution >= 4 is 23.8 Å². The summed E-state index contributed by atoms with van der Waals surface area (Å²) in [5.41, 5.74) is 1.05. The molecule has 0 fully saturated rings. The van der Waals surface area contributed by atoms with E-state index in [2.05, 4.69) is 15.9 Å². The number of nitrogens with zero attached hydrogens (tertiary/aromatic N) is 2. The van der Waals surface area contributed by atoms with Crippen molar-refractivity contribution in [2.45, 2.75) is 13.8 Å². The molecule has 0 aliphatic rings. The average Bonchev–Trinajstić information content (AvgIpc) is 2.56. The molecule has 1 rings (SSSR count). The first-order valence-corrected chi connectivity index (χ1v) is 4.65. The van der Waals surface area contributed by atoms with Gasteiger partial charge in [0.15, 0.2) is 0 Å². The number of aliphatic imine (C=N–C) groups is 1. The lowest BCUT2D eigenvalue weighted by molar-refractivity contribution is 1.47. The fourth-order valence-corrected chi connectivity index (χ4v) is 1.30. The molecule has 0 amide bonds. The summed E-state index contributed by atoms with van der Waals surface area (Å²) in [4.78, 5) is 4.95. The fraction of sp³-hybridized carbons (Fsp3) is 0.333. The first kappa shape index (κ1) is 11.0. The molecule has 1 aromatic rings. The summed E-state index contributed by atoms with van der Waals surface area (Å²) in [6, 6.07) is 0. The van der Waals surface area contributed by atoms with Gasteiger partial charge in [0.25, 0.3) is 0 Å². The van der Waals surface area contributed by atoms with E-state index in [9.17, 15) is 0 Å². The van der Waals surface area contributed by atoms with Crippen molar-refractivity contribution in [3.63, 3.8) is 0 Å². The largest absolute Gasteiger partial charge is 0.295 e. The van der Waals surface area contributed by atoms with Gasteiger partial charge in [0.1, 0.15) is 0 Å². The Morgan fingerprint density at radius 1 is 1.58 bits per heavy atom. The molecule has 0 aliphatic heterocycles. The van der Waals surface area contributed by atoms with Gasteiger partial charge in [-0.1, -0.05) is 26.5 Å². The molecule has 0 aromatic carbocycles. The van der Waals surface area contributed by atoms with E-state index in [1.807, 2.05) is 13.8 Å². The van der Waals surface area contributed by atoms with Gasteiger partial charge in [0.05, 0.1) is 4.88 Å². The average molecular weight is 182 g/mol. The predicted molar refractivity (Wildman–Crippen MR) is 57.1 cm³/mol. The summed E-state index contributed by atoms with van der Waals surface area (Å²) in [5.74, 6) is 0. The van der Waals surface area contributed by atoms with E-state index < -0.39 is 0 Å². The third-order valence-electron chi connectivity index (χ3n) is 1.09. The van der Waals surface area contributed by atoms with Crippen molar-refractivity contribution in [2.75, 3.05) is 7.05 Å². The van der Waals surface area contributed by atoms with Crippen LogP contribution in [0.25, 0.3) is 6.08 Å². The highest BCUT2D eigenvalue weighted by atomic mass is 32.1. The standard InChI is InChI=1S/C7H8N2S.C2H6/c1-3-6-4-9-10-7(6)5-8-2;1-2/h3-5H,1H2,2H3;1-2H3. The van der Waals surface area contributed by atoms with Gasteiger partial charge in [-0.3, -0.25) is 4.99 Å². The Labute approximate surface area is 77.8 Å². The number of rotatable bonds is 2. The van der Waals surface area contributed by atoms with Crippen molar-refractivity contribution in [3.05, 3.63) is 23.2 Å². The second-order valence-corrected chi connectivity index (χ2v) is 2.57. The SMILES string of the molecule is C=Cc1cnsc1C=NC.CC. The smallest absolute Gasteiger partial charge is 0.0727 e. The van der Waals surface area contributed by atoms with E-state index in [0.29, 0.717) is 0 Å². The Balaban J connectivity index is 0.000000561. The highest BCUT2D eigenvalue weighted by Gasteiger charge is 1.96. The first-order valence-electron chi connectivity index (χ1n) is 3.87. The highest BCUT2D eigenvalue weighted by molar-refractivity contribution is 7.07. The van der Waals surface area contributed by atoms with E-state index in [0.717, 1.165) is 10.4 Å². The van der Waals surface area contributed by atoms with Crippen molar-refractivity contribution in [2.24, 2.45) is 4.99 Å². The Morgan fingerprint density at radius 2 is 2.25 bits per heavy atom. The molecule has 0 saturated heterocycles. The van der Waals surface area contributed by atoms with Crippen LogP contribution in [0.3, 0.4) is 0 Å². The van der Waals surface area contributed by atoms with E-state index in [1.54, 1.807) is 25.5 Å². The molecule has 0 radical (unpaired) electrons. The summed E-state index contributed by atoms with van der Waals surface area (Å²) in [7, 11) is 1.74. The lowest BCUT2D eigenvalue weighted by Gasteiger charge is -1.83. The molecule has 1 heterocycles. The van der Waals surface area contributed by atoms with Crippen molar-refractivity contribution in [3.8, 4) is 0 Å². The van der Waals surface area contributed by atoms with Crippen LogP contribution in [0.2, 0.25) is 0 Å². The van der Waals surface area contributed by atoms with Gasteiger partial charge in [-0.2, -0.15) is 4.37 Å². The molecule has 0 atom stereocenters. The van der Waals surface area contributed by atoms with Gasteiger partial charge in [0.2, 0.25) is 0 Å². The van der Waals surface area contributed by atoms with Crippen LogP contribution in [0.4, 0.5) is 0 Å². The van der Waals surface area contributed by atoms with E-state index in [-0.39, 0.29) is 0 Å². The molecular weight excluding hydrogens is 168 g/mol. The quantitative estimate of drug-likeness (QED) is 0.646. The Morgan fingerprint density at radius 3 is 2.75 bits per heavy atom.